The zero-order chi connectivity index (χ0) is 24.2. The molecule has 5 aromatic rings. The number of fused-ring (bicyclic) bond motifs is 1. The number of amides is 1. The van der Waals surface area contributed by atoms with E-state index >= 15 is 0 Å². The third kappa shape index (κ3) is 4.76. The Morgan fingerprint density at radius 3 is 2.54 bits per heavy atom. The van der Waals surface area contributed by atoms with Crippen LogP contribution in [0.5, 0.6) is 5.75 Å². The molecule has 8 nitrogen and oxygen atoms in total. The quantitative estimate of drug-likeness (QED) is 0.250. The van der Waals surface area contributed by atoms with Crippen LogP contribution in [0.15, 0.2) is 89.0 Å². The molecule has 0 aliphatic carbocycles. The fourth-order valence-electron chi connectivity index (χ4n) is 3.87. The molecule has 1 atom stereocenters. The first-order valence-corrected chi connectivity index (χ1v) is 11.9. The summed E-state index contributed by atoms with van der Waals surface area (Å²) >= 11 is 1.45. The maximum atomic E-state index is 13.7. The van der Waals surface area contributed by atoms with Gasteiger partial charge in [-0.2, -0.15) is 0 Å². The zero-order valence-electron chi connectivity index (χ0n) is 19.2. The Hall–Kier alpha value is -4.11. The zero-order valence-corrected chi connectivity index (χ0v) is 20.0. The van der Waals surface area contributed by atoms with Crippen molar-refractivity contribution < 1.29 is 13.9 Å². The molecule has 1 amide bonds. The molecule has 1 N–H and O–H groups in total. The number of aryl methyl sites for hydroxylation is 1. The standard InChI is InChI=1S/C26H23N5O3S/c1-31-15-14-27-24(31)22(17-8-10-18(33-2)11-9-17)30-25(32)23-20(16-35-26-28-12-5-13-29-26)19-6-3-4-7-21(19)34-23/h3-15,22H,16H2,1-2H3,(H,30,32). The van der Waals surface area contributed by atoms with Gasteiger partial charge in [-0.05, 0) is 29.8 Å². The van der Waals surface area contributed by atoms with Gasteiger partial charge in [0.1, 0.15) is 23.2 Å². The van der Waals surface area contributed by atoms with Crippen molar-refractivity contribution in [3.63, 3.8) is 0 Å². The Labute approximate surface area is 206 Å². The predicted octanol–water partition coefficient (Wildman–Crippen LogP) is 4.78. The Bertz CT molecular complexity index is 1450. The van der Waals surface area contributed by atoms with Gasteiger partial charge in [-0.3, -0.25) is 4.79 Å². The van der Waals surface area contributed by atoms with Crippen LogP contribution < -0.4 is 10.1 Å². The van der Waals surface area contributed by atoms with E-state index in [0.717, 1.165) is 22.3 Å². The van der Waals surface area contributed by atoms with E-state index in [4.69, 9.17) is 9.15 Å². The first kappa shape index (κ1) is 22.7. The Morgan fingerprint density at radius 2 is 1.83 bits per heavy atom. The van der Waals surface area contributed by atoms with Crippen LogP contribution in [0.1, 0.15) is 33.5 Å². The second-order valence-electron chi connectivity index (χ2n) is 7.80. The molecule has 1 unspecified atom stereocenters. The number of thioether (sulfide) groups is 1. The van der Waals surface area contributed by atoms with E-state index in [1.165, 1.54) is 11.8 Å². The van der Waals surface area contributed by atoms with Crippen molar-refractivity contribution in [3.8, 4) is 5.75 Å². The van der Waals surface area contributed by atoms with Gasteiger partial charge < -0.3 is 19.0 Å². The predicted molar refractivity (Wildman–Crippen MR) is 133 cm³/mol. The van der Waals surface area contributed by atoms with Gasteiger partial charge in [-0.25, -0.2) is 15.0 Å². The minimum absolute atomic E-state index is 0.266. The second kappa shape index (κ2) is 10.0. The van der Waals surface area contributed by atoms with Crippen LogP contribution in [-0.2, 0) is 12.8 Å². The SMILES string of the molecule is COc1ccc(C(NC(=O)c2oc3ccccc3c2CSc2ncccn2)c2nccn2C)cc1. The smallest absolute Gasteiger partial charge is 0.288 e. The molecule has 3 aromatic heterocycles. The van der Waals surface area contributed by atoms with Crippen molar-refractivity contribution in [2.75, 3.05) is 7.11 Å². The summed E-state index contributed by atoms with van der Waals surface area (Å²) in [5.74, 6) is 1.86. The molecule has 0 aliphatic heterocycles. The molecular weight excluding hydrogens is 462 g/mol. The largest absolute Gasteiger partial charge is 0.497 e. The van der Waals surface area contributed by atoms with Gasteiger partial charge in [0.2, 0.25) is 0 Å². The summed E-state index contributed by atoms with van der Waals surface area (Å²) in [4.78, 5) is 26.7. The molecule has 0 spiro atoms. The highest BCUT2D eigenvalue weighted by Crippen LogP contribution is 2.32. The van der Waals surface area contributed by atoms with E-state index < -0.39 is 6.04 Å². The number of carbonyl (C=O) groups is 1. The summed E-state index contributed by atoms with van der Waals surface area (Å²) in [6.07, 6.45) is 6.95. The number of aromatic nitrogens is 4. The summed E-state index contributed by atoms with van der Waals surface area (Å²) in [5.41, 5.74) is 2.32. The highest BCUT2D eigenvalue weighted by Gasteiger charge is 2.26. The third-order valence-corrected chi connectivity index (χ3v) is 6.54. The first-order chi connectivity index (χ1) is 17.1. The minimum Gasteiger partial charge on any atom is -0.497 e. The summed E-state index contributed by atoms with van der Waals surface area (Å²) in [7, 11) is 3.52. The summed E-state index contributed by atoms with van der Waals surface area (Å²) in [6.45, 7) is 0. The number of hydrogen-bond acceptors (Lipinski definition) is 7. The van der Waals surface area contributed by atoms with Gasteiger partial charge in [0.05, 0.1) is 7.11 Å². The number of rotatable bonds is 8. The number of methoxy groups -OCH3 is 1. The normalized spacial score (nSPS) is 11.9. The third-order valence-electron chi connectivity index (χ3n) is 5.63. The maximum Gasteiger partial charge on any atom is 0.288 e. The molecule has 0 saturated carbocycles. The van der Waals surface area contributed by atoms with Crippen LogP contribution >= 0.6 is 11.8 Å². The van der Waals surface area contributed by atoms with Crippen LogP contribution in [-0.4, -0.2) is 32.5 Å². The molecule has 176 valence electrons. The lowest BCUT2D eigenvalue weighted by Gasteiger charge is -2.19. The molecule has 0 bridgehead atoms. The molecular formula is C26H23N5O3S. The van der Waals surface area contributed by atoms with E-state index in [1.807, 2.05) is 66.3 Å². The van der Waals surface area contributed by atoms with Crippen molar-refractivity contribution in [1.29, 1.82) is 0 Å². The fourth-order valence-corrected chi connectivity index (χ4v) is 4.70. The van der Waals surface area contributed by atoms with Crippen molar-refractivity contribution >= 4 is 28.6 Å². The number of imidazole rings is 1. The van der Waals surface area contributed by atoms with Crippen LogP contribution in [0.25, 0.3) is 11.0 Å². The molecule has 35 heavy (non-hydrogen) atoms. The van der Waals surface area contributed by atoms with E-state index in [1.54, 1.807) is 31.8 Å². The van der Waals surface area contributed by atoms with E-state index in [0.29, 0.717) is 22.3 Å². The summed E-state index contributed by atoms with van der Waals surface area (Å²) in [6, 6.07) is 16.5. The molecule has 2 aromatic carbocycles. The lowest BCUT2D eigenvalue weighted by molar-refractivity contribution is 0.0914. The van der Waals surface area contributed by atoms with Crippen LogP contribution in [0.3, 0.4) is 0 Å². The number of nitrogens with one attached hydrogen (secondary N) is 1. The molecule has 0 saturated heterocycles. The Kier molecular flexibility index (Phi) is 6.49. The van der Waals surface area contributed by atoms with Gasteiger partial charge in [-0.15, -0.1) is 0 Å². The van der Waals surface area contributed by atoms with Crippen LogP contribution in [0.2, 0.25) is 0 Å². The monoisotopic (exact) mass is 485 g/mol. The molecule has 0 aliphatic rings. The lowest BCUT2D eigenvalue weighted by Crippen LogP contribution is -2.31. The van der Waals surface area contributed by atoms with Gasteiger partial charge in [-0.1, -0.05) is 42.1 Å². The van der Waals surface area contributed by atoms with Gasteiger partial charge in [0.25, 0.3) is 5.91 Å². The Morgan fingerprint density at radius 1 is 1.06 bits per heavy atom. The molecule has 5 rings (SSSR count). The number of furan rings is 1. The molecule has 0 radical (unpaired) electrons. The topological polar surface area (TPSA) is 95.1 Å². The molecule has 0 fully saturated rings. The van der Waals surface area contributed by atoms with E-state index in [9.17, 15) is 4.79 Å². The number of carbonyl (C=O) groups excluding carboxylic acids is 1. The van der Waals surface area contributed by atoms with Gasteiger partial charge >= 0.3 is 0 Å². The van der Waals surface area contributed by atoms with Gasteiger partial charge in [0.15, 0.2) is 10.9 Å². The molecule has 9 heteroatoms. The van der Waals surface area contributed by atoms with Crippen LogP contribution in [0, 0.1) is 0 Å². The summed E-state index contributed by atoms with van der Waals surface area (Å²) in [5, 5.41) is 4.65. The van der Waals surface area contributed by atoms with Crippen molar-refractivity contribution in [1.82, 2.24) is 24.8 Å². The average molecular weight is 486 g/mol. The first-order valence-electron chi connectivity index (χ1n) is 11.0. The van der Waals surface area contributed by atoms with Gasteiger partial charge in [0, 0.05) is 48.5 Å². The fraction of sp³-hybridized carbons (Fsp3) is 0.154. The number of para-hydroxylation sites is 1. The van der Waals surface area contributed by atoms with Crippen molar-refractivity contribution in [2.45, 2.75) is 17.0 Å². The number of hydrogen-bond donors (Lipinski definition) is 1. The van der Waals surface area contributed by atoms with E-state index in [2.05, 4.69) is 20.3 Å². The van der Waals surface area contributed by atoms with Crippen LogP contribution in [0.4, 0.5) is 0 Å². The van der Waals surface area contributed by atoms with Crippen molar-refractivity contribution in [2.24, 2.45) is 7.05 Å². The summed E-state index contributed by atoms with van der Waals surface area (Å²) < 4.78 is 13.2. The highest BCUT2D eigenvalue weighted by atomic mass is 32.2. The maximum absolute atomic E-state index is 13.7. The minimum atomic E-state index is -0.487. The highest BCUT2D eigenvalue weighted by molar-refractivity contribution is 7.98. The second-order valence-corrected chi connectivity index (χ2v) is 8.74. The molecule has 3 heterocycles. The number of ether oxygens (including phenoxy) is 1. The average Bonchev–Trinajstić information content (AvgIpc) is 3.50. The number of benzene rings is 2. The van der Waals surface area contributed by atoms with Crippen molar-refractivity contribution in [3.05, 3.63) is 102 Å². The number of nitrogens with zero attached hydrogens (tertiary/aromatic N) is 4. The Balaban J connectivity index is 1.49. The lowest BCUT2D eigenvalue weighted by atomic mass is 10.1. The van der Waals surface area contributed by atoms with E-state index in [-0.39, 0.29) is 11.7 Å².